The maximum Gasteiger partial charge on any atom is 0.101 e. The predicted octanol–water partition coefficient (Wildman–Crippen LogP) is 2.53. The van der Waals surface area contributed by atoms with E-state index in [1.807, 2.05) is 6.20 Å². The third kappa shape index (κ3) is 1.53. The minimum Gasteiger partial charge on any atom is -0.346 e. The molecule has 0 unspecified atom stereocenters. The van der Waals surface area contributed by atoms with Crippen molar-refractivity contribution >= 4 is 10.9 Å². The molecule has 1 N–H and O–H groups in total. The molecule has 0 bridgehead atoms. The highest BCUT2D eigenvalue weighted by Crippen LogP contribution is 2.27. The molecule has 1 aliphatic rings. The Morgan fingerprint density at radius 1 is 1.35 bits per heavy atom. The standard InChI is InChI=1S/C14H15N3/c1-2-3-17-9-12(6-15)13-4-10-7-16-8-11(10)5-14(13)17/h4-5,9,16H,2-3,7-8H2,1H3. The Morgan fingerprint density at radius 2 is 2.12 bits per heavy atom. The number of aromatic nitrogens is 1. The van der Waals surface area contributed by atoms with Crippen LogP contribution < -0.4 is 5.32 Å². The SMILES string of the molecule is CCCn1cc(C#N)c2cc3c(cc21)CNC3. The molecule has 0 amide bonds. The Morgan fingerprint density at radius 3 is 2.82 bits per heavy atom. The van der Waals surface area contributed by atoms with Gasteiger partial charge in [0.15, 0.2) is 0 Å². The van der Waals surface area contributed by atoms with Crippen molar-refractivity contribution in [1.82, 2.24) is 9.88 Å². The summed E-state index contributed by atoms with van der Waals surface area (Å²) in [6.45, 7) is 5.01. The van der Waals surface area contributed by atoms with Gasteiger partial charge in [0.05, 0.1) is 5.56 Å². The summed E-state index contributed by atoms with van der Waals surface area (Å²) in [5, 5.41) is 13.6. The predicted molar refractivity (Wildman–Crippen MR) is 67.5 cm³/mol. The van der Waals surface area contributed by atoms with Crippen molar-refractivity contribution in [2.45, 2.75) is 33.0 Å². The van der Waals surface area contributed by atoms with Gasteiger partial charge < -0.3 is 9.88 Å². The number of benzene rings is 1. The minimum absolute atomic E-state index is 0.795. The molecular formula is C14H15N3. The van der Waals surface area contributed by atoms with Crippen molar-refractivity contribution in [2.75, 3.05) is 0 Å². The maximum absolute atomic E-state index is 9.19. The second-order valence-electron chi connectivity index (χ2n) is 4.59. The first-order valence-electron chi connectivity index (χ1n) is 6.09. The lowest BCUT2D eigenvalue weighted by molar-refractivity contribution is 0.702. The molecule has 17 heavy (non-hydrogen) atoms. The van der Waals surface area contributed by atoms with Gasteiger partial charge in [-0.1, -0.05) is 6.92 Å². The summed E-state index contributed by atoms with van der Waals surface area (Å²) >= 11 is 0. The molecule has 1 aromatic heterocycles. The molecule has 0 saturated heterocycles. The Kier molecular flexibility index (Phi) is 2.38. The fourth-order valence-corrected chi connectivity index (χ4v) is 2.60. The van der Waals surface area contributed by atoms with Crippen LogP contribution in [0.25, 0.3) is 10.9 Å². The van der Waals surface area contributed by atoms with Gasteiger partial charge in [-0.3, -0.25) is 0 Å². The highest BCUT2D eigenvalue weighted by atomic mass is 15.0. The lowest BCUT2D eigenvalue weighted by atomic mass is 10.1. The van der Waals surface area contributed by atoms with E-state index in [-0.39, 0.29) is 0 Å². The molecule has 0 spiro atoms. The van der Waals surface area contributed by atoms with Gasteiger partial charge in [-0.2, -0.15) is 5.26 Å². The molecule has 3 rings (SSSR count). The summed E-state index contributed by atoms with van der Waals surface area (Å²) in [6, 6.07) is 6.71. The van der Waals surface area contributed by atoms with E-state index in [2.05, 4.69) is 35.0 Å². The van der Waals surface area contributed by atoms with E-state index in [0.29, 0.717) is 0 Å². The first-order chi connectivity index (χ1) is 8.33. The van der Waals surface area contributed by atoms with Crippen molar-refractivity contribution in [3.05, 3.63) is 35.0 Å². The van der Waals surface area contributed by atoms with Crippen LogP contribution in [0.2, 0.25) is 0 Å². The molecule has 3 nitrogen and oxygen atoms in total. The van der Waals surface area contributed by atoms with Gasteiger partial charge in [0.2, 0.25) is 0 Å². The molecule has 1 aliphatic heterocycles. The number of hydrogen-bond acceptors (Lipinski definition) is 2. The summed E-state index contributed by atoms with van der Waals surface area (Å²) in [6.07, 6.45) is 3.07. The van der Waals surface area contributed by atoms with Gasteiger partial charge in [-0.25, -0.2) is 0 Å². The van der Waals surface area contributed by atoms with Crippen LogP contribution >= 0.6 is 0 Å². The van der Waals surface area contributed by atoms with E-state index < -0.39 is 0 Å². The van der Waals surface area contributed by atoms with E-state index in [1.54, 1.807) is 0 Å². The largest absolute Gasteiger partial charge is 0.346 e. The molecule has 0 radical (unpaired) electrons. The molecule has 0 saturated carbocycles. The van der Waals surface area contributed by atoms with Crippen LogP contribution in [0.1, 0.15) is 30.0 Å². The molecule has 2 heterocycles. The van der Waals surface area contributed by atoms with Gasteiger partial charge in [0, 0.05) is 36.7 Å². The maximum atomic E-state index is 9.19. The average Bonchev–Trinajstić information content (AvgIpc) is 2.91. The van der Waals surface area contributed by atoms with E-state index in [4.69, 9.17) is 0 Å². The quantitative estimate of drug-likeness (QED) is 0.853. The highest BCUT2D eigenvalue weighted by Gasteiger charge is 2.15. The van der Waals surface area contributed by atoms with Gasteiger partial charge in [-0.15, -0.1) is 0 Å². The Balaban J connectivity index is 2.27. The smallest absolute Gasteiger partial charge is 0.101 e. The Bertz CT molecular complexity index is 616. The number of rotatable bonds is 2. The van der Waals surface area contributed by atoms with E-state index >= 15 is 0 Å². The molecular weight excluding hydrogens is 210 g/mol. The summed E-state index contributed by atoms with van der Waals surface area (Å²) < 4.78 is 2.20. The second-order valence-corrected chi connectivity index (χ2v) is 4.59. The average molecular weight is 225 g/mol. The van der Waals surface area contributed by atoms with Crippen LogP contribution in [0, 0.1) is 11.3 Å². The van der Waals surface area contributed by atoms with Crippen molar-refractivity contribution < 1.29 is 0 Å². The molecule has 1 aromatic carbocycles. The van der Waals surface area contributed by atoms with Gasteiger partial charge in [0.1, 0.15) is 6.07 Å². The first kappa shape index (κ1) is 10.4. The van der Waals surface area contributed by atoms with Gasteiger partial charge >= 0.3 is 0 Å². The molecule has 3 heteroatoms. The lowest BCUT2D eigenvalue weighted by Gasteiger charge is -2.04. The van der Waals surface area contributed by atoms with Crippen molar-refractivity contribution in [3.8, 4) is 6.07 Å². The number of fused-ring (bicyclic) bond motifs is 2. The minimum atomic E-state index is 0.795. The summed E-state index contributed by atoms with van der Waals surface area (Å²) in [5.74, 6) is 0. The van der Waals surface area contributed by atoms with Crippen molar-refractivity contribution in [3.63, 3.8) is 0 Å². The lowest BCUT2D eigenvalue weighted by Crippen LogP contribution is -2.00. The van der Waals surface area contributed by atoms with Crippen LogP contribution in [0.4, 0.5) is 0 Å². The van der Waals surface area contributed by atoms with Crippen LogP contribution in [-0.4, -0.2) is 4.57 Å². The number of nitriles is 1. The summed E-state index contributed by atoms with van der Waals surface area (Å²) in [5.41, 5.74) is 4.70. The molecule has 0 fully saturated rings. The Labute approximate surface area is 101 Å². The molecule has 0 aliphatic carbocycles. The fraction of sp³-hybridized carbons (Fsp3) is 0.357. The first-order valence-corrected chi connectivity index (χ1v) is 6.09. The van der Waals surface area contributed by atoms with Crippen LogP contribution in [0.5, 0.6) is 0 Å². The Hall–Kier alpha value is -1.79. The molecule has 0 atom stereocenters. The zero-order valence-electron chi connectivity index (χ0n) is 9.95. The highest BCUT2D eigenvalue weighted by molar-refractivity contribution is 5.88. The zero-order valence-corrected chi connectivity index (χ0v) is 9.95. The van der Waals surface area contributed by atoms with Crippen LogP contribution in [0.15, 0.2) is 18.3 Å². The van der Waals surface area contributed by atoms with Gasteiger partial charge in [-0.05, 0) is 29.7 Å². The van der Waals surface area contributed by atoms with E-state index in [9.17, 15) is 5.26 Å². The third-order valence-electron chi connectivity index (χ3n) is 3.42. The topological polar surface area (TPSA) is 40.8 Å². The summed E-state index contributed by atoms with van der Waals surface area (Å²) in [4.78, 5) is 0. The van der Waals surface area contributed by atoms with Gasteiger partial charge in [0.25, 0.3) is 0 Å². The number of nitrogens with zero attached hydrogens (tertiary/aromatic N) is 2. The second kappa shape index (κ2) is 3.90. The molecule has 2 aromatic rings. The molecule has 86 valence electrons. The fourth-order valence-electron chi connectivity index (χ4n) is 2.60. The van der Waals surface area contributed by atoms with Crippen LogP contribution in [-0.2, 0) is 19.6 Å². The third-order valence-corrected chi connectivity index (χ3v) is 3.42. The number of hydrogen-bond donors (Lipinski definition) is 1. The van der Waals surface area contributed by atoms with Crippen LogP contribution in [0.3, 0.4) is 0 Å². The monoisotopic (exact) mass is 225 g/mol. The zero-order chi connectivity index (χ0) is 11.8. The number of aryl methyl sites for hydroxylation is 1. The van der Waals surface area contributed by atoms with Crippen molar-refractivity contribution in [1.29, 1.82) is 5.26 Å². The summed E-state index contributed by atoms with van der Waals surface area (Å²) in [7, 11) is 0. The van der Waals surface area contributed by atoms with E-state index in [1.165, 1.54) is 16.6 Å². The number of nitrogens with one attached hydrogen (secondary N) is 1. The van der Waals surface area contributed by atoms with E-state index in [0.717, 1.165) is 37.0 Å². The van der Waals surface area contributed by atoms with Crippen molar-refractivity contribution in [2.24, 2.45) is 0 Å². The normalized spacial score (nSPS) is 13.9.